The fraction of sp³-hybridized carbons (Fsp3) is 1.00. The Labute approximate surface area is 65.0 Å². The van der Waals surface area contributed by atoms with Crippen LogP contribution in [0.25, 0.3) is 0 Å². The van der Waals surface area contributed by atoms with Crippen LogP contribution in [0.1, 0.15) is 47.0 Å². The van der Waals surface area contributed by atoms with Crippen LogP contribution in [-0.4, -0.2) is 0 Å². The van der Waals surface area contributed by atoms with Crippen molar-refractivity contribution in [1.29, 1.82) is 0 Å². The summed E-state index contributed by atoms with van der Waals surface area (Å²) in [4.78, 5) is 0. The molecule has 10 heavy (non-hydrogen) atoms. The molecule has 0 aromatic rings. The maximum absolute atomic E-state index is 2.37. The number of rotatable bonds is 2. The minimum Gasteiger partial charge on any atom is -0.0651 e. The molecule has 0 spiro atoms. The predicted octanol–water partition coefficient (Wildman–Crippen LogP) is 3.47. The van der Waals surface area contributed by atoms with Gasteiger partial charge >= 0.3 is 0 Å². The molecule has 1 aliphatic carbocycles. The standard InChI is InChI=1S/C10H20/c1-5-9(8-6-7-8)10(2,3)4/h8-9H,5-7H2,1-4H3. The van der Waals surface area contributed by atoms with Gasteiger partial charge in [0.1, 0.15) is 0 Å². The molecular weight excluding hydrogens is 120 g/mol. The van der Waals surface area contributed by atoms with E-state index in [1.807, 2.05) is 0 Å². The maximum Gasteiger partial charge on any atom is -0.0340 e. The summed E-state index contributed by atoms with van der Waals surface area (Å²) in [6.45, 7) is 9.45. The van der Waals surface area contributed by atoms with Crippen LogP contribution in [0.15, 0.2) is 0 Å². The van der Waals surface area contributed by atoms with Gasteiger partial charge in [-0.25, -0.2) is 0 Å². The second-order valence-electron chi connectivity index (χ2n) is 4.72. The molecule has 0 heteroatoms. The van der Waals surface area contributed by atoms with Gasteiger partial charge in [0, 0.05) is 0 Å². The first kappa shape index (κ1) is 8.10. The average molecular weight is 140 g/mol. The summed E-state index contributed by atoms with van der Waals surface area (Å²) in [6, 6.07) is 0. The van der Waals surface area contributed by atoms with E-state index in [4.69, 9.17) is 0 Å². The summed E-state index contributed by atoms with van der Waals surface area (Å²) < 4.78 is 0. The third kappa shape index (κ3) is 1.74. The molecule has 60 valence electrons. The highest BCUT2D eigenvalue weighted by Crippen LogP contribution is 2.46. The fourth-order valence-corrected chi connectivity index (χ4v) is 2.15. The molecule has 0 radical (unpaired) electrons. The largest absolute Gasteiger partial charge is 0.0651 e. The first-order chi connectivity index (χ1) is 4.55. The van der Waals surface area contributed by atoms with Gasteiger partial charge in [-0.3, -0.25) is 0 Å². The molecule has 0 bridgehead atoms. The second kappa shape index (κ2) is 2.56. The first-order valence-electron chi connectivity index (χ1n) is 4.55. The Kier molecular flexibility index (Phi) is 2.07. The van der Waals surface area contributed by atoms with E-state index in [-0.39, 0.29) is 0 Å². The molecule has 0 aromatic carbocycles. The lowest BCUT2D eigenvalue weighted by atomic mass is 9.76. The lowest BCUT2D eigenvalue weighted by molar-refractivity contribution is 0.204. The molecule has 1 aliphatic rings. The molecule has 0 aliphatic heterocycles. The van der Waals surface area contributed by atoms with E-state index >= 15 is 0 Å². The highest BCUT2D eigenvalue weighted by Gasteiger charge is 2.36. The molecule has 0 N–H and O–H groups in total. The van der Waals surface area contributed by atoms with Crippen LogP contribution >= 0.6 is 0 Å². The minimum atomic E-state index is 0.552. The van der Waals surface area contributed by atoms with Crippen molar-refractivity contribution in [1.82, 2.24) is 0 Å². The van der Waals surface area contributed by atoms with Gasteiger partial charge in [-0.1, -0.05) is 34.1 Å². The first-order valence-corrected chi connectivity index (χ1v) is 4.55. The molecule has 0 amide bonds. The molecule has 0 aromatic heterocycles. The van der Waals surface area contributed by atoms with Crippen molar-refractivity contribution in [2.75, 3.05) is 0 Å². The monoisotopic (exact) mass is 140 g/mol. The lowest BCUT2D eigenvalue weighted by Gasteiger charge is -2.29. The summed E-state index contributed by atoms with van der Waals surface area (Å²) >= 11 is 0. The van der Waals surface area contributed by atoms with Crippen LogP contribution in [0.4, 0.5) is 0 Å². The van der Waals surface area contributed by atoms with Crippen molar-refractivity contribution >= 4 is 0 Å². The van der Waals surface area contributed by atoms with E-state index in [9.17, 15) is 0 Å². The fourth-order valence-electron chi connectivity index (χ4n) is 2.15. The van der Waals surface area contributed by atoms with Crippen molar-refractivity contribution in [3.8, 4) is 0 Å². The summed E-state index contributed by atoms with van der Waals surface area (Å²) in [5.41, 5.74) is 0.552. The van der Waals surface area contributed by atoms with Gasteiger partial charge in [0.15, 0.2) is 0 Å². The third-order valence-corrected chi connectivity index (χ3v) is 2.74. The molecule has 0 saturated heterocycles. The number of hydrogen-bond acceptors (Lipinski definition) is 0. The van der Waals surface area contributed by atoms with Crippen LogP contribution in [0.2, 0.25) is 0 Å². The molecule has 0 heterocycles. The van der Waals surface area contributed by atoms with E-state index < -0.39 is 0 Å². The lowest BCUT2D eigenvalue weighted by Crippen LogP contribution is -2.21. The molecule has 1 fully saturated rings. The molecule has 0 nitrogen and oxygen atoms in total. The Balaban J connectivity index is 2.46. The van der Waals surface area contributed by atoms with Crippen LogP contribution < -0.4 is 0 Å². The Bertz CT molecular complexity index is 104. The smallest absolute Gasteiger partial charge is 0.0340 e. The maximum atomic E-state index is 2.37. The van der Waals surface area contributed by atoms with E-state index in [1.165, 1.54) is 19.3 Å². The molecule has 1 atom stereocenters. The zero-order valence-corrected chi connectivity index (χ0v) is 7.78. The summed E-state index contributed by atoms with van der Waals surface area (Å²) in [7, 11) is 0. The summed E-state index contributed by atoms with van der Waals surface area (Å²) in [5.74, 6) is 2.05. The van der Waals surface area contributed by atoms with Gasteiger partial charge in [0.25, 0.3) is 0 Å². The van der Waals surface area contributed by atoms with Gasteiger partial charge in [-0.05, 0) is 30.1 Å². The summed E-state index contributed by atoms with van der Waals surface area (Å²) in [5, 5.41) is 0. The summed E-state index contributed by atoms with van der Waals surface area (Å²) in [6.07, 6.45) is 4.36. The van der Waals surface area contributed by atoms with Gasteiger partial charge in [0.2, 0.25) is 0 Å². The van der Waals surface area contributed by atoms with Gasteiger partial charge in [-0.2, -0.15) is 0 Å². The second-order valence-corrected chi connectivity index (χ2v) is 4.72. The van der Waals surface area contributed by atoms with Crippen LogP contribution in [0.3, 0.4) is 0 Å². The minimum absolute atomic E-state index is 0.552. The van der Waals surface area contributed by atoms with Gasteiger partial charge in [0.05, 0.1) is 0 Å². The van der Waals surface area contributed by atoms with Crippen LogP contribution in [-0.2, 0) is 0 Å². The Morgan fingerprint density at radius 1 is 1.30 bits per heavy atom. The number of hydrogen-bond donors (Lipinski definition) is 0. The predicted molar refractivity (Wildman–Crippen MR) is 46.0 cm³/mol. The van der Waals surface area contributed by atoms with E-state index in [0.717, 1.165) is 11.8 Å². The van der Waals surface area contributed by atoms with Crippen molar-refractivity contribution in [2.24, 2.45) is 17.3 Å². The average Bonchev–Trinajstić information content (AvgIpc) is 2.46. The molecule has 1 rings (SSSR count). The van der Waals surface area contributed by atoms with Gasteiger partial charge < -0.3 is 0 Å². The third-order valence-electron chi connectivity index (χ3n) is 2.74. The van der Waals surface area contributed by atoms with Crippen molar-refractivity contribution in [2.45, 2.75) is 47.0 Å². The Hall–Kier alpha value is 0. The zero-order valence-electron chi connectivity index (χ0n) is 7.78. The normalized spacial score (nSPS) is 22.8. The van der Waals surface area contributed by atoms with E-state index in [0.29, 0.717) is 5.41 Å². The Morgan fingerprint density at radius 3 is 1.90 bits per heavy atom. The highest BCUT2D eigenvalue weighted by atomic mass is 14.4. The van der Waals surface area contributed by atoms with Crippen LogP contribution in [0.5, 0.6) is 0 Å². The molecule has 1 unspecified atom stereocenters. The van der Waals surface area contributed by atoms with Crippen LogP contribution in [0, 0.1) is 17.3 Å². The van der Waals surface area contributed by atoms with Crippen molar-refractivity contribution < 1.29 is 0 Å². The van der Waals surface area contributed by atoms with E-state index in [1.54, 1.807) is 0 Å². The Morgan fingerprint density at radius 2 is 1.80 bits per heavy atom. The highest BCUT2D eigenvalue weighted by molar-refractivity contribution is 4.87. The van der Waals surface area contributed by atoms with E-state index in [2.05, 4.69) is 27.7 Å². The quantitative estimate of drug-likeness (QED) is 0.551. The topological polar surface area (TPSA) is 0 Å². The van der Waals surface area contributed by atoms with Crippen molar-refractivity contribution in [3.05, 3.63) is 0 Å². The SMILES string of the molecule is CCC(C1CC1)C(C)(C)C. The molecular formula is C10H20. The van der Waals surface area contributed by atoms with Gasteiger partial charge in [-0.15, -0.1) is 0 Å². The molecule has 1 saturated carbocycles. The zero-order chi connectivity index (χ0) is 7.78. The van der Waals surface area contributed by atoms with Crippen molar-refractivity contribution in [3.63, 3.8) is 0 Å².